The molecule has 1 fully saturated rings. The third-order valence-corrected chi connectivity index (χ3v) is 4.82. The molecule has 0 bridgehead atoms. The van der Waals surface area contributed by atoms with Crippen molar-refractivity contribution in [3.63, 3.8) is 0 Å². The van der Waals surface area contributed by atoms with E-state index in [0.717, 1.165) is 44.1 Å². The molecule has 0 atom stereocenters. The zero-order chi connectivity index (χ0) is 19.2. The Morgan fingerprint density at radius 2 is 2.07 bits per heavy atom. The third-order valence-electron chi connectivity index (χ3n) is 4.82. The summed E-state index contributed by atoms with van der Waals surface area (Å²) in [7, 11) is 0. The Balaban J connectivity index is 1.29. The van der Waals surface area contributed by atoms with Gasteiger partial charge in [-0.1, -0.05) is 12.1 Å². The lowest BCUT2D eigenvalue weighted by Gasteiger charge is -2.27. The van der Waals surface area contributed by atoms with Crippen LogP contribution in [-0.4, -0.2) is 59.5 Å². The van der Waals surface area contributed by atoms with E-state index in [2.05, 4.69) is 20.5 Å². The van der Waals surface area contributed by atoms with Crippen LogP contribution in [0.3, 0.4) is 0 Å². The smallest absolute Gasteiger partial charge is 0.251 e. The van der Waals surface area contributed by atoms with E-state index in [1.54, 1.807) is 12.1 Å². The number of pyridine rings is 1. The molecular weight excluding hydrogens is 354 g/mol. The molecule has 7 heteroatoms. The monoisotopic (exact) mass is 379 g/mol. The van der Waals surface area contributed by atoms with E-state index >= 15 is 0 Å². The van der Waals surface area contributed by atoms with E-state index in [1.807, 2.05) is 47.1 Å². The van der Waals surface area contributed by atoms with Crippen molar-refractivity contribution in [2.45, 2.75) is 6.61 Å². The maximum atomic E-state index is 12.4. The molecule has 7 nitrogen and oxygen atoms in total. The Labute approximate surface area is 164 Å². The highest BCUT2D eigenvalue weighted by molar-refractivity contribution is 5.94. The van der Waals surface area contributed by atoms with E-state index in [1.165, 1.54) is 0 Å². The Morgan fingerprint density at radius 3 is 2.93 bits per heavy atom. The molecule has 1 aromatic carbocycles. The molecule has 3 heterocycles. The number of fused-ring (bicyclic) bond motifs is 1. The van der Waals surface area contributed by atoms with E-state index < -0.39 is 0 Å². The van der Waals surface area contributed by atoms with E-state index in [0.29, 0.717) is 24.5 Å². The second-order valence-corrected chi connectivity index (χ2v) is 6.86. The number of rotatable bonds is 7. The second-order valence-electron chi connectivity index (χ2n) is 6.86. The number of aromatic nitrogens is 2. The van der Waals surface area contributed by atoms with Crippen LogP contribution >= 0.6 is 0 Å². The Hall–Kier alpha value is -2.90. The summed E-state index contributed by atoms with van der Waals surface area (Å²) >= 11 is 0. The summed E-state index contributed by atoms with van der Waals surface area (Å²) in [5.74, 6) is 0.583. The molecule has 0 saturated carbocycles. The van der Waals surface area contributed by atoms with Crippen LogP contribution in [0, 0.1) is 0 Å². The molecule has 3 aromatic rings. The number of carbonyl (C=O) groups excluding carboxylic acids is 1. The number of amides is 1. The first-order chi connectivity index (χ1) is 13.8. The first kappa shape index (κ1) is 18.5. The molecule has 1 aliphatic rings. The van der Waals surface area contributed by atoms with Crippen molar-refractivity contribution in [3.8, 4) is 5.75 Å². The number of hydrogen-bond acceptors (Lipinski definition) is 5. The predicted molar refractivity (Wildman–Crippen MR) is 108 cm³/mol. The lowest BCUT2D eigenvalue weighted by Crippen LogP contribution is -2.46. The van der Waals surface area contributed by atoms with Gasteiger partial charge in [0.1, 0.15) is 18.0 Å². The normalized spacial score (nSPS) is 14.9. The molecule has 4 rings (SSSR count). The predicted octanol–water partition coefficient (Wildman–Crippen LogP) is 1.55. The average molecular weight is 379 g/mol. The Bertz CT molecular complexity index is 900. The number of imidazole rings is 1. The van der Waals surface area contributed by atoms with Gasteiger partial charge in [0.2, 0.25) is 0 Å². The van der Waals surface area contributed by atoms with Crippen molar-refractivity contribution in [3.05, 3.63) is 66.1 Å². The summed E-state index contributed by atoms with van der Waals surface area (Å²) in [6.45, 7) is 5.96. The highest BCUT2D eigenvalue weighted by Gasteiger charge is 2.11. The standard InChI is InChI=1S/C21H25N5O2/c27-21(23-9-13-25-11-7-22-8-12-25)17-4-3-5-19(14-17)28-16-18-15-26-10-2-1-6-20(26)24-18/h1-6,10,14-15,22H,7-9,11-13,16H2,(H,23,27). The summed E-state index contributed by atoms with van der Waals surface area (Å²) < 4.78 is 7.80. The minimum Gasteiger partial charge on any atom is -0.487 e. The summed E-state index contributed by atoms with van der Waals surface area (Å²) in [5, 5.41) is 6.32. The van der Waals surface area contributed by atoms with Crippen molar-refractivity contribution in [2.24, 2.45) is 0 Å². The number of hydrogen-bond donors (Lipinski definition) is 2. The van der Waals surface area contributed by atoms with Gasteiger partial charge >= 0.3 is 0 Å². The molecule has 2 N–H and O–H groups in total. The fraction of sp³-hybridized carbons (Fsp3) is 0.333. The second kappa shape index (κ2) is 8.86. The van der Waals surface area contributed by atoms with Gasteiger partial charge < -0.3 is 19.8 Å². The molecule has 2 aromatic heterocycles. The summed E-state index contributed by atoms with van der Waals surface area (Å²) in [4.78, 5) is 19.3. The van der Waals surface area contributed by atoms with Gasteiger partial charge in [-0.3, -0.25) is 9.69 Å². The molecule has 0 unspecified atom stereocenters. The SMILES string of the molecule is O=C(NCCN1CCNCC1)c1cccc(OCc2cn3ccccc3n2)c1. The van der Waals surface area contributed by atoms with Gasteiger partial charge in [0.05, 0.1) is 5.69 Å². The first-order valence-corrected chi connectivity index (χ1v) is 9.65. The molecule has 0 aliphatic carbocycles. The minimum absolute atomic E-state index is 0.0756. The fourth-order valence-corrected chi connectivity index (χ4v) is 3.31. The van der Waals surface area contributed by atoms with Crippen LogP contribution in [-0.2, 0) is 6.61 Å². The molecule has 28 heavy (non-hydrogen) atoms. The van der Waals surface area contributed by atoms with Gasteiger partial charge in [0.15, 0.2) is 0 Å². The first-order valence-electron chi connectivity index (χ1n) is 9.65. The third kappa shape index (κ3) is 4.68. The number of piperazine rings is 1. The van der Waals surface area contributed by atoms with Gasteiger partial charge in [-0.25, -0.2) is 4.98 Å². The van der Waals surface area contributed by atoms with Crippen molar-refractivity contribution < 1.29 is 9.53 Å². The maximum Gasteiger partial charge on any atom is 0.251 e. The van der Waals surface area contributed by atoms with Crippen molar-refractivity contribution in [2.75, 3.05) is 39.3 Å². The van der Waals surface area contributed by atoms with Crippen LogP contribution in [0.15, 0.2) is 54.9 Å². The Kier molecular flexibility index (Phi) is 5.84. The summed E-state index contributed by atoms with van der Waals surface area (Å²) in [6.07, 6.45) is 3.90. The summed E-state index contributed by atoms with van der Waals surface area (Å²) in [5.41, 5.74) is 2.34. The van der Waals surface area contributed by atoms with Crippen LogP contribution < -0.4 is 15.4 Å². The number of ether oxygens (including phenoxy) is 1. The zero-order valence-electron chi connectivity index (χ0n) is 15.8. The molecule has 1 saturated heterocycles. The number of benzene rings is 1. The number of carbonyl (C=O) groups is 1. The minimum atomic E-state index is -0.0756. The molecule has 146 valence electrons. The topological polar surface area (TPSA) is 70.9 Å². The van der Waals surface area contributed by atoms with E-state index in [-0.39, 0.29) is 5.91 Å². The van der Waals surface area contributed by atoms with Crippen LogP contribution in [0.4, 0.5) is 0 Å². The molecule has 0 spiro atoms. The van der Waals surface area contributed by atoms with Crippen LogP contribution in [0.25, 0.3) is 5.65 Å². The van der Waals surface area contributed by atoms with Gasteiger partial charge in [-0.05, 0) is 30.3 Å². The molecule has 1 amide bonds. The molecule has 1 aliphatic heterocycles. The largest absolute Gasteiger partial charge is 0.487 e. The number of nitrogens with zero attached hydrogens (tertiary/aromatic N) is 3. The van der Waals surface area contributed by atoms with Gasteiger partial charge in [-0.2, -0.15) is 0 Å². The highest BCUT2D eigenvalue weighted by Crippen LogP contribution is 2.15. The molecule has 0 radical (unpaired) electrons. The van der Waals surface area contributed by atoms with E-state index in [4.69, 9.17) is 4.74 Å². The van der Waals surface area contributed by atoms with Gasteiger partial charge in [0.25, 0.3) is 5.91 Å². The lowest BCUT2D eigenvalue weighted by molar-refractivity contribution is 0.0946. The van der Waals surface area contributed by atoms with Crippen LogP contribution in [0.2, 0.25) is 0 Å². The average Bonchev–Trinajstić information content (AvgIpc) is 3.16. The quantitative estimate of drug-likeness (QED) is 0.652. The highest BCUT2D eigenvalue weighted by atomic mass is 16.5. The number of nitrogens with one attached hydrogen (secondary N) is 2. The summed E-state index contributed by atoms with van der Waals surface area (Å²) in [6, 6.07) is 13.1. The van der Waals surface area contributed by atoms with Crippen molar-refractivity contribution in [1.82, 2.24) is 24.9 Å². The zero-order valence-corrected chi connectivity index (χ0v) is 15.8. The maximum absolute atomic E-state index is 12.4. The Morgan fingerprint density at radius 1 is 1.18 bits per heavy atom. The lowest BCUT2D eigenvalue weighted by atomic mass is 10.2. The fourth-order valence-electron chi connectivity index (χ4n) is 3.31. The van der Waals surface area contributed by atoms with Crippen molar-refractivity contribution >= 4 is 11.6 Å². The molecular formula is C21H25N5O2. The van der Waals surface area contributed by atoms with Gasteiger partial charge in [0, 0.05) is 57.2 Å². The van der Waals surface area contributed by atoms with Gasteiger partial charge in [-0.15, -0.1) is 0 Å². The van der Waals surface area contributed by atoms with Crippen LogP contribution in [0.5, 0.6) is 5.75 Å². The van der Waals surface area contributed by atoms with Crippen LogP contribution in [0.1, 0.15) is 16.1 Å². The van der Waals surface area contributed by atoms with E-state index in [9.17, 15) is 4.79 Å². The van der Waals surface area contributed by atoms with Crippen molar-refractivity contribution in [1.29, 1.82) is 0 Å².